The maximum absolute atomic E-state index is 12.6. The van der Waals surface area contributed by atoms with Gasteiger partial charge in [-0.1, -0.05) is 28.1 Å². The van der Waals surface area contributed by atoms with Crippen LogP contribution in [0.3, 0.4) is 0 Å². The van der Waals surface area contributed by atoms with E-state index >= 15 is 0 Å². The van der Waals surface area contributed by atoms with Crippen LogP contribution in [0.4, 0.5) is 5.69 Å². The van der Waals surface area contributed by atoms with Crippen molar-refractivity contribution in [3.05, 3.63) is 74.2 Å². The standard InChI is InChI=1S/C19H16BrN3O5/c20-14-5-1-13(2-6-14)17-11-16(12-3-7-15(8-4-12)23(27)28)21-22(17)18(24)9-10-19(25)26/h1-8,17H,9-11H2,(H,25,26). The number of carbonyl (C=O) groups excluding carboxylic acids is 1. The lowest BCUT2D eigenvalue weighted by atomic mass is 9.98. The van der Waals surface area contributed by atoms with Gasteiger partial charge in [-0.25, -0.2) is 5.01 Å². The van der Waals surface area contributed by atoms with Gasteiger partial charge in [-0.2, -0.15) is 5.10 Å². The summed E-state index contributed by atoms with van der Waals surface area (Å²) in [5.41, 5.74) is 2.14. The van der Waals surface area contributed by atoms with Crippen molar-refractivity contribution < 1.29 is 19.6 Å². The summed E-state index contributed by atoms with van der Waals surface area (Å²) in [6.07, 6.45) is 0.00241. The van der Waals surface area contributed by atoms with E-state index in [0.717, 1.165) is 10.0 Å². The summed E-state index contributed by atoms with van der Waals surface area (Å²) in [7, 11) is 0. The van der Waals surface area contributed by atoms with Crippen molar-refractivity contribution in [3.8, 4) is 0 Å². The van der Waals surface area contributed by atoms with E-state index in [0.29, 0.717) is 17.7 Å². The molecule has 1 heterocycles. The van der Waals surface area contributed by atoms with Gasteiger partial charge in [0.1, 0.15) is 0 Å². The average molecular weight is 446 g/mol. The number of halogens is 1. The predicted molar refractivity (Wildman–Crippen MR) is 105 cm³/mol. The highest BCUT2D eigenvalue weighted by Gasteiger charge is 2.33. The zero-order valence-corrected chi connectivity index (χ0v) is 16.2. The highest BCUT2D eigenvalue weighted by Crippen LogP contribution is 2.34. The average Bonchev–Trinajstić information content (AvgIpc) is 3.12. The second-order valence-electron chi connectivity index (χ2n) is 6.25. The summed E-state index contributed by atoms with van der Waals surface area (Å²) in [5, 5.41) is 25.4. The molecule has 144 valence electrons. The SMILES string of the molecule is O=C(O)CCC(=O)N1N=C(c2ccc([N+](=O)[O-])cc2)CC1c1ccc(Br)cc1. The van der Waals surface area contributed by atoms with Crippen molar-refractivity contribution in [2.24, 2.45) is 5.10 Å². The number of hydrazone groups is 1. The van der Waals surface area contributed by atoms with E-state index in [4.69, 9.17) is 5.11 Å². The Bertz CT molecular complexity index is 941. The van der Waals surface area contributed by atoms with Crippen LogP contribution in [0.15, 0.2) is 58.1 Å². The second kappa shape index (κ2) is 8.30. The molecule has 1 amide bonds. The van der Waals surface area contributed by atoms with Crippen molar-refractivity contribution >= 4 is 39.2 Å². The van der Waals surface area contributed by atoms with Crippen molar-refractivity contribution in [1.29, 1.82) is 0 Å². The van der Waals surface area contributed by atoms with Crippen LogP contribution in [0.5, 0.6) is 0 Å². The Morgan fingerprint density at radius 3 is 2.36 bits per heavy atom. The summed E-state index contributed by atoms with van der Waals surface area (Å²) in [6, 6.07) is 13.1. The summed E-state index contributed by atoms with van der Waals surface area (Å²) < 4.78 is 0.898. The van der Waals surface area contributed by atoms with Crippen molar-refractivity contribution in [1.82, 2.24) is 5.01 Å². The van der Waals surface area contributed by atoms with Crippen LogP contribution >= 0.6 is 15.9 Å². The molecule has 0 radical (unpaired) electrons. The molecule has 0 saturated carbocycles. The lowest BCUT2D eigenvalue weighted by molar-refractivity contribution is -0.384. The first kappa shape index (κ1) is 19.7. The molecule has 1 N–H and O–H groups in total. The molecular formula is C19H16BrN3O5. The molecule has 2 aromatic rings. The first-order chi connectivity index (χ1) is 13.3. The number of nitro benzene ring substituents is 1. The Balaban J connectivity index is 1.89. The number of amides is 1. The first-order valence-corrected chi connectivity index (χ1v) is 9.26. The number of non-ortho nitro benzene ring substituents is 1. The minimum absolute atomic E-state index is 0.0267. The van der Waals surface area contributed by atoms with Gasteiger partial charge in [-0.15, -0.1) is 0 Å². The number of aliphatic carboxylic acids is 1. The lowest BCUT2D eigenvalue weighted by Gasteiger charge is -2.22. The number of hydrogen-bond acceptors (Lipinski definition) is 5. The molecule has 1 atom stereocenters. The quantitative estimate of drug-likeness (QED) is 0.534. The first-order valence-electron chi connectivity index (χ1n) is 8.47. The molecule has 8 nitrogen and oxygen atoms in total. The van der Waals surface area contributed by atoms with E-state index in [1.54, 1.807) is 12.1 Å². The van der Waals surface area contributed by atoms with E-state index in [1.165, 1.54) is 17.1 Å². The zero-order valence-electron chi connectivity index (χ0n) is 14.6. The van der Waals surface area contributed by atoms with Gasteiger partial charge < -0.3 is 5.11 Å². The Morgan fingerprint density at radius 2 is 1.79 bits per heavy atom. The summed E-state index contributed by atoms with van der Waals surface area (Å²) >= 11 is 3.38. The summed E-state index contributed by atoms with van der Waals surface area (Å²) in [6.45, 7) is 0. The highest BCUT2D eigenvalue weighted by molar-refractivity contribution is 9.10. The van der Waals surface area contributed by atoms with Crippen molar-refractivity contribution in [3.63, 3.8) is 0 Å². The van der Waals surface area contributed by atoms with Crippen LogP contribution in [0.2, 0.25) is 0 Å². The maximum atomic E-state index is 12.6. The predicted octanol–water partition coefficient (Wildman–Crippen LogP) is 3.90. The fourth-order valence-corrected chi connectivity index (χ4v) is 3.23. The Labute approximate surface area is 168 Å². The molecule has 0 saturated heterocycles. The number of hydrogen-bond donors (Lipinski definition) is 1. The smallest absolute Gasteiger partial charge is 0.303 e. The molecule has 0 aromatic heterocycles. The number of carboxylic acids is 1. The minimum atomic E-state index is -1.05. The Hall–Kier alpha value is -3.07. The lowest BCUT2D eigenvalue weighted by Crippen LogP contribution is -2.27. The maximum Gasteiger partial charge on any atom is 0.303 e. The number of carbonyl (C=O) groups is 2. The van der Waals surface area contributed by atoms with Gasteiger partial charge in [0.2, 0.25) is 5.91 Å². The van der Waals surface area contributed by atoms with Crippen LogP contribution in [-0.4, -0.2) is 32.6 Å². The van der Waals surface area contributed by atoms with E-state index in [2.05, 4.69) is 21.0 Å². The molecule has 0 aliphatic carbocycles. The van der Waals surface area contributed by atoms with Crippen LogP contribution < -0.4 is 0 Å². The fourth-order valence-electron chi connectivity index (χ4n) is 2.96. The van der Waals surface area contributed by atoms with Crippen LogP contribution in [0.1, 0.15) is 36.4 Å². The van der Waals surface area contributed by atoms with E-state index < -0.39 is 10.9 Å². The van der Waals surface area contributed by atoms with Gasteiger partial charge in [0.15, 0.2) is 0 Å². The van der Waals surface area contributed by atoms with Crippen molar-refractivity contribution in [2.75, 3.05) is 0 Å². The largest absolute Gasteiger partial charge is 0.481 e. The van der Waals surface area contributed by atoms with Gasteiger partial charge in [-0.05, 0) is 35.4 Å². The second-order valence-corrected chi connectivity index (χ2v) is 7.17. The van der Waals surface area contributed by atoms with Crippen molar-refractivity contribution in [2.45, 2.75) is 25.3 Å². The molecule has 0 fully saturated rings. The van der Waals surface area contributed by atoms with E-state index in [1.807, 2.05) is 24.3 Å². The number of benzene rings is 2. The third-order valence-corrected chi connectivity index (χ3v) is 4.91. The fraction of sp³-hybridized carbons (Fsp3) is 0.211. The van der Waals surface area contributed by atoms with Gasteiger partial charge in [0.05, 0.1) is 23.1 Å². The minimum Gasteiger partial charge on any atom is -0.481 e. The van der Waals surface area contributed by atoms with E-state index in [-0.39, 0.29) is 30.5 Å². The topological polar surface area (TPSA) is 113 Å². The zero-order chi connectivity index (χ0) is 20.3. The van der Waals surface area contributed by atoms with Crippen LogP contribution in [-0.2, 0) is 9.59 Å². The van der Waals surface area contributed by atoms with Gasteiger partial charge in [-0.3, -0.25) is 19.7 Å². The van der Waals surface area contributed by atoms with Gasteiger partial charge in [0.25, 0.3) is 5.69 Å². The molecular weight excluding hydrogens is 430 g/mol. The highest BCUT2D eigenvalue weighted by atomic mass is 79.9. The molecule has 1 aliphatic rings. The molecule has 0 spiro atoms. The summed E-state index contributed by atoms with van der Waals surface area (Å²) in [4.78, 5) is 33.7. The Morgan fingerprint density at radius 1 is 1.14 bits per heavy atom. The molecule has 2 aromatic carbocycles. The number of nitro groups is 1. The number of carboxylic acid groups (broad SMARTS) is 1. The molecule has 1 unspecified atom stereocenters. The third kappa shape index (κ3) is 4.42. The number of rotatable bonds is 6. The van der Waals surface area contributed by atoms with Gasteiger partial charge >= 0.3 is 5.97 Å². The Kier molecular flexibility index (Phi) is 5.84. The monoisotopic (exact) mass is 445 g/mol. The van der Waals surface area contributed by atoms with Gasteiger partial charge in [0, 0.05) is 29.4 Å². The van der Waals surface area contributed by atoms with Crippen LogP contribution in [0.25, 0.3) is 0 Å². The molecule has 1 aliphatic heterocycles. The number of nitrogens with zero attached hydrogens (tertiary/aromatic N) is 3. The van der Waals surface area contributed by atoms with Crippen LogP contribution in [0, 0.1) is 10.1 Å². The molecule has 0 bridgehead atoms. The summed E-state index contributed by atoms with van der Waals surface area (Å²) in [5.74, 6) is -1.43. The third-order valence-electron chi connectivity index (χ3n) is 4.38. The normalized spacial score (nSPS) is 16.0. The molecule has 9 heteroatoms. The van der Waals surface area contributed by atoms with E-state index in [9.17, 15) is 19.7 Å². The molecule has 28 heavy (non-hydrogen) atoms. The molecule has 3 rings (SSSR count).